The smallest absolute Gasteiger partial charge is 0.231 e. The Morgan fingerprint density at radius 1 is 1.38 bits per heavy atom. The van der Waals surface area contributed by atoms with E-state index in [0.717, 1.165) is 18.6 Å². The van der Waals surface area contributed by atoms with Crippen LogP contribution in [0.15, 0.2) is 48.5 Å². The highest BCUT2D eigenvalue weighted by Crippen LogP contribution is 2.24. The molecule has 0 aromatic heterocycles. The molecule has 1 aliphatic heterocycles. The van der Waals surface area contributed by atoms with Crippen LogP contribution in [0.5, 0.6) is 0 Å². The fourth-order valence-electron chi connectivity index (χ4n) is 1.72. The molecule has 0 aliphatic carbocycles. The van der Waals surface area contributed by atoms with E-state index in [4.69, 9.17) is 9.47 Å². The molecular weight excluding hydrogens is 200 g/mol. The van der Waals surface area contributed by atoms with Crippen LogP contribution in [-0.2, 0) is 9.47 Å². The molecule has 0 aromatic rings. The van der Waals surface area contributed by atoms with Gasteiger partial charge >= 0.3 is 0 Å². The summed E-state index contributed by atoms with van der Waals surface area (Å²) in [6.45, 7) is 12.2. The molecule has 1 heterocycles. The van der Waals surface area contributed by atoms with Crippen molar-refractivity contribution in [2.45, 2.75) is 26.7 Å². The molecule has 0 amide bonds. The van der Waals surface area contributed by atoms with Crippen molar-refractivity contribution in [2.75, 3.05) is 6.79 Å². The lowest BCUT2D eigenvalue weighted by atomic mass is 9.95. The normalized spacial score (nSPS) is 17.8. The third-order valence-electron chi connectivity index (χ3n) is 2.68. The molecule has 0 bridgehead atoms. The first kappa shape index (κ1) is 12.6. The van der Waals surface area contributed by atoms with Gasteiger partial charge in [0, 0.05) is 0 Å². The SMILES string of the molecule is C=CC1=C(/C=C(\C=C)C(C)CCC)OCO1. The van der Waals surface area contributed by atoms with Crippen molar-refractivity contribution in [1.82, 2.24) is 0 Å². The third-order valence-corrected chi connectivity index (χ3v) is 2.68. The van der Waals surface area contributed by atoms with Crippen LogP contribution in [0.2, 0.25) is 0 Å². The molecule has 1 rings (SSSR count). The highest BCUT2D eigenvalue weighted by Gasteiger charge is 2.14. The number of rotatable bonds is 6. The van der Waals surface area contributed by atoms with Crippen molar-refractivity contribution >= 4 is 0 Å². The Hall–Kier alpha value is -1.44. The maximum absolute atomic E-state index is 5.38. The van der Waals surface area contributed by atoms with Crippen molar-refractivity contribution < 1.29 is 9.47 Å². The van der Waals surface area contributed by atoms with Gasteiger partial charge in [-0.15, -0.1) is 0 Å². The minimum absolute atomic E-state index is 0.278. The fourth-order valence-corrected chi connectivity index (χ4v) is 1.72. The van der Waals surface area contributed by atoms with Gasteiger partial charge in [-0.1, -0.05) is 39.5 Å². The molecule has 0 fully saturated rings. The van der Waals surface area contributed by atoms with Gasteiger partial charge in [-0.2, -0.15) is 0 Å². The van der Waals surface area contributed by atoms with Gasteiger partial charge in [-0.3, -0.25) is 0 Å². The van der Waals surface area contributed by atoms with Gasteiger partial charge in [0.25, 0.3) is 0 Å². The first-order valence-corrected chi connectivity index (χ1v) is 5.69. The Morgan fingerprint density at radius 2 is 2.06 bits per heavy atom. The third kappa shape index (κ3) is 3.02. The zero-order chi connectivity index (χ0) is 12.0. The number of allylic oxidation sites excluding steroid dienone is 4. The average Bonchev–Trinajstić information content (AvgIpc) is 2.73. The summed E-state index contributed by atoms with van der Waals surface area (Å²) in [6, 6.07) is 0. The van der Waals surface area contributed by atoms with Crippen LogP contribution < -0.4 is 0 Å². The monoisotopic (exact) mass is 220 g/mol. The van der Waals surface area contributed by atoms with Gasteiger partial charge in [0.15, 0.2) is 11.5 Å². The topological polar surface area (TPSA) is 18.5 Å². The van der Waals surface area contributed by atoms with E-state index in [0.29, 0.717) is 11.7 Å². The summed E-state index contributed by atoms with van der Waals surface area (Å²) in [5, 5.41) is 0. The van der Waals surface area contributed by atoms with Gasteiger partial charge < -0.3 is 9.47 Å². The van der Waals surface area contributed by atoms with Crippen LogP contribution >= 0.6 is 0 Å². The van der Waals surface area contributed by atoms with Crippen LogP contribution in [0.4, 0.5) is 0 Å². The lowest BCUT2D eigenvalue weighted by molar-refractivity contribution is 0.0777. The zero-order valence-corrected chi connectivity index (χ0v) is 10.2. The molecule has 1 unspecified atom stereocenters. The second kappa shape index (κ2) is 6.21. The molecule has 88 valence electrons. The molecule has 0 radical (unpaired) electrons. The number of hydrogen-bond acceptors (Lipinski definition) is 2. The summed E-state index contributed by atoms with van der Waals surface area (Å²) >= 11 is 0. The van der Waals surface area contributed by atoms with Crippen LogP contribution in [0, 0.1) is 5.92 Å². The summed E-state index contributed by atoms with van der Waals surface area (Å²) in [5.41, 5.74) is 1.18. The Kier molecular flexibility index (Phi) is 4.90. The second-order valence-electron chi connectivity index (χ2n) is 3.88. The minimum atomic E-state index is 0.278. The quantitative estimate of drug-likeness (QED) is 0.631. The zero-order valence-electron chi connectivity index (χ0n) is 10.2. The number of hydrogen-bond donors (Lipinski definition) is 0. The minimum Gasteiger partial charge on any atom is -0.454 e. The summed E-state index contributed by atoms with van der Waals surface area (Å²) in [6.07, 6.45) is 7.86. The molecule has 0 N–H and O–H groups in total. The molecule has 2 heteroatoms. The van der Waals surface area contributed by atoms with E-state index in [2.05, 4.69) is 27.0 Å². The predicted molar refractivity (Wildman–Crippen MR) is 66.6 cm³/mol. The van der Waals surface area contributed by atoms with E-state index in [-0.39, 0.29) is 6.79 Å². The maximum Gasteiger partial charge on any atom is 0.231 e. The standard InChI is InChI=1S/C14H20O2/c1-5-8-11(4)12(6-2)9-14-13(7-3)15-10-16-14/h6-7,9,11H,2-3,5,8,10H2,1,4H3/b12-9+. The van der Waals surface area contributed by atoms with E-state index in [1.807, 2.05) is 12.2 Å². The highest BCUT2D eigenvalue weighted by atomic mass is 16.7. The van der Waals surface area contributed by atoms with Crippen molar-refractivity contribution in [3.63, 3.8) is 0 Å². The Bertz CT molecular complexity index is 324. The molecule has 2 nitrogen and oxygen atoms in total. The lowest BCUT2D eigenvalue weighted by Gasteiger charge is -2.11. The largest absolute Gasteiger partial charge is 0.454 e. The van der Waals surface area contributed by atoms with Gasteiger partial charge in [-0.05, 0) is 30.1 Å². The molecule has 0 aromatic carbocycles. The van der Waals surface area contributed by atoms with E-state index in [1.165, 1.54) is 5.57 Å². The first-order valence-electron chi connectivity index (χ1n) is 5.69. The molecule has 1 aliphatic rings. The maximum atomic E-state index is 5.38. The van der Waals surface area contributed by atoms with Gasteiger partial charge in [-0.25, -0.2) is 0 Å². The Balaban J connectivity index is 2.86. The fraction of sp³-hybridized carbons (Fsp3) is 0.429. The Morgan fingerprint density at radius 3 is 2.62 bits per heavy atom. The summed E-state index contributed by atoms with van der Waals surface area (Å²) < 4.78 is 10.6. The molecule has 16 heavy (non-hydrogen) atoms. The highest BCUT2D eigenvalue weighted by molar-refractivity contribution is 5.33. The van der Waals surface area contributed by atoms with Crippen molar-refractivity contribution in [3.8, 4) is 0 Å². The van der Waals surface area contributed by atoms with E-state index >= 15 is 0 Å². The van der Waals surface area contributed by atoms with E-state index in [9.17, 15) is 0 Å². The molecule has 0 saturated heterocycles. The van der Waals surface area contributed by atoms with E-state index < -0.39 is 0 Å². The average molecular weight is 220 g/mol. The van der Waals surface area contributed by atoms with Gasteiger partial charge in [0.05, 0.1) is 0 Å². The molecule has 0 spiro atoms. The second-order valence-corrected chi connectivity index (χ2v) is 3.88. The van der Waals surface area contributed by atoms with Gasteiger partial charge in [0.1, 0.15) is 0 Å². The van der Waals surface area contributed by atoms with Crippen LogP contribution in [-0.4, -0.2) is 6.79 Å². The summed E-state index contributed by atoms with van der Waals surface area (Å²) in [4.78, 5) is 0. The van der Waals surface area contributed by atoms with Crippen molar-refractivity contribution in [2.24, 2.45) is 5.92 Å². The lowest BCUT2D eigenvalue weighted by Crippen LogP contribution is -1.97. The van der Waals surface area contributed by atoms with Crippen LogP contribution in [0.1, 0.15) is 26.7 Å². The van der Waals surface area contributed by atoms with Gasteiger partial charge in [0.2, 0.25) is 6.79 Å². The predicted octanol–water partition coefficient (Wildman–Crippen LogP) is 3.94. The van der Waals surface area contributed by atoms with E-state index in [1.54, 1.807) is 6.08 Å². The Labute approximate surface area is 97.9 Å². The molecule has 1 atom stereocenters. The summed E-state index contributed by atoms with van der Waals surface area (Å²) in [7, 11) is 0. The van der Waals surface area contributed by atoms with Crippen molar-refractivity contribution in [3.05, 3.63) is 48.5 Å². The van der Waals surface area contributed by atoms with Crippen molar-refractivity contribution in [1.29, 1.82) is 0 Å². The number of ether oxygens (including phenoxy) is 2. The molecule has 0 saturated carbocycles. The first-order chi connectivity index (χ1) is 7.72. The van der Waals surface area contributed by atoms with Crippen LogP contribution in [0.3, 0.4) is 0 Å². The van der Waals surface area contributed by atoms with Crippen LogP contribution in [0.25, 0.3) is 0 Å². The summed E-state index contributed by atoms with van der Waals surface area (Å²) in [5.74, 6) is 1.96. The molecular formula is C14H20O2.